The van der Waals surface area contributed by atoms with E-state index in [1.807, 2.05) is 18.2 Å². The molecule has 2 aliphatic heterocycles. The van der Waals surface area contributed by atoms with E-state index in [1.54, 1.807) is 23.9 Å². The zero-order chi connectivity index (χ0) is 19.7. The molecule has 28 heavy (non-hydrogen) atoms. The Morgan fingerprint density at radius 3 is 2.54 bits per heavy atom. The van der Waals surface area contributed by atoms with Crippen LogP contribution >= 0.6 is 23.4 Å². The summed E-state index contributed by atoms with van der Waals surface area (Å²) >= 11 is 7.89. The summed E-state index contributed by atoms with van der Waals surface area (Å²) in [6.45, 7) is 1.12. The molecule has 0 aromatic heterocycles. The molecule has 2 heterocycles. The van der Waals surface area contributed by atoms with E-state index in [2.05, 4.69) is 5.32 Å². The normalized spacial score (nSPS) is 20.0. The number of fused-ring (bicyclic) bond motifs is 1. The van der Waals surface area contributed by atoms with Gasteiger partial charge in [-0.25, -0.2) is 8.42 Å². The number of nitrogens with one attached hydrogen (secondary N) is 1. The van der Waals surface area contributed by atoms with Crippen LogP contribution in [0.1, 0.15) is 41.2 Å². The number of rotatable bonds is 4. The summed E-state index contributed by atoms with van der Waals surface area (Å²) in [5.74, 6) is 0.708. The van der Waals surface area contributed by atoms with Crippen molar-refractivity contribution in [2.45, 2.75) is 35.1 Å². The van der Waals surface area contributed by atoms with Gasteiger partial charge in [0.25, 0.3) is 5.91 Å². The molecule has 4 rings (SSSR count). The van der Waals surface area contributed by atoms with E-state index in [4.69, 9.17) is 11.6 Å². The van der Waals surface area contributed by atoms with Gasteiger partial charge in [0.1, 0.15) is 0 Å². The lowest BCUT2D eigenvalue weighted by atomic mass is 10.0. The van der Waals surface area contributed by atoms with Crippen molar-refractivity contribution in [1.29, 1.82) is 0 Å². The van der Waals surface area contributed by atoms with Gasteiger partial charge in [-0.15, -0.1) is 11.8 Å². The number of nitrogens with zero attached hydrogens (tertiary/aromatic N) is 1. The first-order valence-corrected chi connectivity index (χ1v) is 12.1. The number of hydrogen-bond acceptors (Lipinski definition) is 4. The van der Waals surface area contributed by atoms with Crippen LogP contribution in [0.4, 0.5) is 0 Å². The summed E-state index contributed by atoms with van der Waals surface area (Å²) < 4.78 is 26.7. The number of benzene rings is 2. The molecule has 2 aromatic rings. The summed E-state index contributed by atoms with van der Waals surface area (Å²) in [4.78, 5) is 14.1. The van der Waals surface area contributed by atoms with Gasteiger partial charge in [0.15, 0.2) is 0 Å². The van der Waals surface area contributed by atoms with Crippen LogP contribution < -0.4 is 5.32 Å². The van der Waals surface area contributed by atoms with E-state index in [1.165, 1.54) is 16.4 Å². The quantitative estimate of drug-likeness (QED) is 0.783. The second kappa shape index (κ2) is 8.06. The number of hydrogen-bond donors (Lipinski definition) is 1. The molecule has 1 amide bonds. The SMILES string of the molecule is O=C(NC1CCSc2ccc(Cl)cc21)c1ccc(S(=O)(=O)N2CCCC2)cc1. The molecule has 0 bridgehead atoms. The summed E-state index contributed by atoms with van der Waals surface area (Å²) in [6.07, 6.45) is 2.61. The van der Waals surface area contributed by atoms with Gasteiger partial charge in [0, 0.05) is 34.3 Å². The smallest absolute Gasteiger partial charge is 0.251 e. The van der Waals surface area contributed by atoms with Gasteiger partial charge in [-0.1, -0.05) is 11.6 Å². The molecular formula is C20H21ClN2O3S2. The van der Waals surface area contributed by atoms with Gasteiger partial charge in [0.2, 0.25) is 10.0 Å². The monoisotopic (exact) mass is 436 g/mol. The van der Waals surface area contributed by atoms with Gasteiger partial charge in [-0.05, 0) is 67.3 Å². The fourth-order valence-corrected chi connectivity index (χ4v) is 6.42. The third-order valence-electron chi connectivity index (χ3n) is 5.14. The average molecular weight is 437 g/mol. The fraction of sp³-hybridized carbons (Fsp3) is 0.350. The van der Waals surface area contributed by atoms with E-state index in [0.717, 1.165) is 35.5 Å². The van der Waals surface area contributed by atoms with E-state index in [0.29, 0.717) is 23.7 Å². The molecule has 0 aliphatic carbocycles. The molecule has 1 fully saturated rings. The summed E-state index contributed by atoms with van der Waals surface area (Å²) in [5, 5.41) is 3.71. The zero-order valence-corrected chi connectivity index (χ0v) is 17.6. The van der Waals surface area contributed by atoms with Crippen LogP contribution in [0.5, 0.6) is 0 Å². The maximum atomic E-state index is 12.7. The molecule has 2 aromatic carbocycles. The topological polar surface area (TPSA) is 66.5 Å². The van der Waals surface area contributed by atoms with Gasteiger partial charge in [-0.3, -0.25) is 4.79 Å². The molecule has 1 N–H and O–H groups in total. The Bertz CT molecular complexity index is 987. The van der Waals surface area contributed by atoms with Crippen LogP contribution in [0.15, 0.2) is 52.3 Å². The van der Waals surface area contributed by atoms with Crippen LogP contribution in [0.3, 0.4) is 0 Å². The first-order valence-electron chi connectivity index (χ1n) is 9.28. The maximum Gasteiger partial charge on any atom is 0.251 e. The third kappa shape index (κ3) is 3.94. The average Bonchev–Trinajstić information content (AvgIpc) is 3.24. The highest BCUT2D eigenvalue weighted by Gasteiger charge is 2.27. The highest BCUT2D eigenvalue weighted by atomic mass is 35.5. The second-order valence-corrected chi connectivity index (χ2v) is 10.5. The maximum absolute atomic E-state index is 12.7. The Hall–Kier alpha value is -1.54. The predicted molar refractivity (Wildman–Crippen MR) is 111 cm³/mol. The summed E-state index contributed by atoms with van der Waals surface area (Å²) in [6, 6.07) is 11.8. The first-order chi connectivity index (χ1) is 13.4. The lowest BCUT2D eigenvalue weighted by Gasteiger charge is -2.26. The minimum atomic E-state index is -3.47. The molecule has 0 radical (unpaired) electrons. The van der Waals surface area contributed by atoms with Gasteiger partial charge in [-0.2, -0.15) is 4.31 Å². The second-order valence-electron chi connectivity index (χ2n) is 6.98. The molecule has 1 saturated heterocycles. The van der Waals surface area contributed by atoms with E-state index in [-0.39, 0.29) is 16.8 Å². The van der Waals surface area contributed by atoms with Crippen molar-refractivity contribution in [3.63, 3.8) is 0 Å². The Labute approximate surface area is 174 Å². The van der Waals surface area contributed by atoms with Crippen molar-refractivity contribution < 1.29 is 13.2 Å². The summed E-state index contributed by atoms with van der Waals surface area (Å²) in [7, 11) is -3.47. The van der Waals surface area contributed by atoms with E-state index in [9.17, 15) is 13.2 Å². The van der Waals surface area contributed by atoms with Crippen molar-refractivity contribution in [2.75, 3.05) is 18.8 Å². The Kier molecular flexibility index (Phi) is 5.69. The largest absolute Gasteiger partial charge is 0.345 e. The minimum Gasteiger partial charge on any atom is -0.345 e. The number of sulfonamides is 1. The number of carbonyl (C=O) groups is 1. The Morgan fingerprint density at radius 1 is 1.11 bits per heavy atom. The molecule has 0 spiro atoms. The lowest BCUT2D eigenvalue weighted by molar-refractivity contribution is 0.0935. The molecule has 148 valence electrons. The molecule has 8 heteroatoms. The molecular weight excluding hydrogens is 416 g/mol. The van der Waals surface area contributed by atoms with Crippen molar-refractivity contribution in [3.8, 4) is 0 Å². The van der Waals surface area contributed by atoms with Crippen LogP contribution in [-0.4, -0.2) is 37.5 Å². The number of amides is 1. The van der Waals surface area contributed by atoms with Crippen LogP contribution in [0.2, 0.25) is 5.02 Å². The lowest BCUT2D eigenvalue weighted by Crippen LogP contribution is -2.31. The van der Waals surface area contributed by atoms with Gasteiger partial charge in [0.05, 0.1) is 10.9 Å². The molecule has 1 unspecified atom stereocenters. The first kappa shape index (κ1) is 19.8. The Morgan fingerprint density at radius 2 is 1.82 bits per heavy atom. The number of carbonyl (C=O) groups excluding carboxylic acids is 1. The molecule has 1 atom stereocenters. The summed E-state index contributed by atoms with van der Waals surface area (Å²) in [5.41, 5.74) is 1.48. The zero-order valence-electron chi connectivity index (χ0n) is 15.2. The molecule has 5 nitrogen and oxygen atoms in total. The molecule has 0 saturated carbocycles. The standard InChI is InChI=1S/C20H21ClN2O3S2/c21-15-5-8-19-17(13-15)18(9-12-27-19)22-20(24)14-3-6-16(7-4-14)28(25,26)23-10-1-2-11-23/h3-8,13,18H,1-2,9-12H2,(H,22,24). The van der Waals surface area contributed by atoms with Crippen LogP contribution in [0.25, 0.3) is 0 Å². The van der Waals surface area contributed by atoms with Crippen molar-refractivity contribution >= 4 is 39.3 Å². The van der Waals surface area contributed by atoms with Crippen LogP contribution in [0, 0.1) is 0 Å². The number of thioether (sulfide) groups is 1. The highest BCUT2D eigenvalue weighted by molar-refractivity contribution is 7.99. The van der Waals surface area contributed by atoms with Crippen molar-refractivity contribution in [2.24, 2.45) is 0 Å². The third-order valence-corrected chi connectivity index (χ3v) is 8.41. The minimum absolute atomic E-state index is 0.101. The predicted octanol–water partition coefficient (Wildman–Crippen LogP) is 4.09. The molecule has 2 aliphatic rings. The fourth-order valence-electron chi connectivity index (χ4n) is 3.61. The van der Waals surface area contributed by atoms with E-state index < -0.39 is 10.0 Å². The van der Waals surface area contributed by atoms with Gasteiger partial charge < -0.3 is 5.32 Å². The van der Waals surface area contributed by atoms with Crippen molar-refractivity contribution in [1.82, 2.24) is 9.62 Å². The number of halogens is 1. The van der Waals surface area contributed by atoms with Crippen LogP contribution in [-0.2, 0) is 10.0 Å². The van der Waals surface area contributed by atoms with Crippen molar-refractivity contribution in [3.05, 3.63) is 58.6 Å². The Balaban J connectivity index is 1.50. The van der Waals surface area contributed by atoms with Gasteiger partial charge >= 0.3 is 0 Å². The highest BCUT2D eigenvalue weighted by Crippen LogP contribution is 2.37. The van der Waals surface area contributed by atoms with E-state index >= 15 is 0 Å².